The topological polar surface area (TPSA) is 39.7 Å². The zero-order valence-electron chi connectivity index (χ0n) is 17.0. The van der Waals surface area contributed by atoms with E-state index in [9.17, 15) is 0 Å². The van der Waals surface area contributed by atoms with Gasteiger partial charge in [-0.25, -0.2) is 0 Å². The minimum atomic E-state index is -0.204. The molecule has 4 aromatic rings. The summed E-state index contributed by atoms with van der Waals surface area (Å²) in [5, 5.41) is 3.45. The number of nitrogens with one attached hydrogen (secondary N) is 1. The van der Waals surface area contributed by atoms with Gasteiger partial charge in [0.2, 0.25) is 0 Å². The van der Waals surface area contributed by atoms with Gasteiger partial charge in [0.25, 0.3) is 0 Å². The molecule has 1 aliphatic heterocycles. The summed E-state index contributed by atoms with van der Waals surface area (Å²) in [5.41, 5.74) is 2.15. The van der Waals surface area contributed by atoms with Crippen molar-refractivity contribution in [1.29, 1.82) is 0 Å². The van der Waals surface area contributed by atoms with Gasteiger partial charge < -0.3 is 19.5 Å². The van der Waals surface area contributed by atoms with Crippen LogP contribution in [-0.2, 0) is 6.54 Å². The van der Waals surface area contributed by atoms with Gasteiger partial charge in [-0.3, -0.25) is 0 Å². The lowest BCUT2D eigenvalue weighted by atomic mass is 9.96. The van der Waals surface area contributed by atoms with Gasteiger partial charge in [-0.05, 0) is 48.0 Å². The van der Waals surface area contributed by atoms with E-state index in [2.05, 4.69) is 11.4 Å². The number of hydrogen-bond acceptors (Lipinski definition) is 4. The third-order valence-electron chi connectivity index (χ3n) is 5.17. The van der Waals surface area contributed by atoms with Crippen LogP contribution in [0.2, 0.25) is 0 Å². The molecule has 0 bridgehead atoms. The molecule has 1 N–H and O–H groups in total. The second-order valence-electron chi connectivity index (χ2n) is 7.35. The molecule has 1 heterocycles. The fourth-order valence-corrected chi connectivity index (χ4v) is 3.74. The third-order valence-corrected chi connectivity index (χ3v) is 5.17. The smallest absolute Gasteiger partial charge is 0.177 e. The average Bonchev–Trinajstić information content (AvgIpc) is 2.83. The van der Waals surface area contributed by atoms with Gasteiger partial charge in [0.1, 0.15) is 23.4 Å². The molecule has 4 aromatic carbocycles. The van der Waals surface area contributed by atoms with Crippen molar-refractivity contribution < 1.29 is 14.2 Å². The van der Waals surface area contributed by atoms with E-state index in [1.165, 1.54) is 0 Å². The van der Waals surface area contributed by atoms with Gasteiger partial charge in [0.05, 0.1) is 0 Å². The van der Waals surface area contributed by atoms with E-state index in [0.717, 1.165) is 34.9 Å². The van der Waals surface area contributed by atoms with E-state index in [-0.39, 0.29) is 6.10 Å². The fourth-order valence-electron chi connectivity index (χ4n) is 3.74. The Kier molecular flexibility index (Phi) is 5.54. The van der Waals surface area contributed by atoms with Crippen molar-refractivity contribution in [2.24, 2.45) is 0 Å². The van der Waals surface area contributed by atoms with Crippen LogP contribution in [0.4, 0.5) is 0 Å². The van der Waals surface area contributed by atoms with E-state index < -0.39 is 0 Å². The maximum absolute atomic E-state index is 6.42. The highest BCUT2D eigenvalue weighted by Gasteiger charge is 2.29. The Bertz CT molecular complexity index is 1130. The van der Waals surface area contributed by atoms with Crippen LogP contribution in [0.1, 0.15) is 17.2 Å². The van der Waals surface area contributed by atoms with E-state index >= 15 is 0 Å². The first-order valence-corrected chi connectivity index (χ1v) is 10.4. The molecule has 0 aromatic heterocycles. The van der Waals surface area contributed by atoms with Crippen LogP contribution in [0, 0.1) is 0 Å². The van der Waals surface area contributed by atoms with Crippen molar-refractivity contribution in [3.8, 4) is 28.7 Å². The highest BCUT2D eigenvalue weighted by Crippen LogP contribution is 2.44. The number of ether oxygens (including phenoxy) is 3. The second kappa shape index (κ2) is 8.94. The molecule has 0 amide bonds. The molecular weight excluding hydrogens is 386 g/mol. The molecule has 1 aliphatic rings. The quantitative estimate of drug-likeness (QED) is 0.395. The van der Waals surface area contributed by atoms with Crippen molar-refractivity contribution in [2.75, 3.05) is 6.54 Å². The Labute approximate surface area is 182 Å². The van der Waals surface area contributed by atoms with E-state index in [0.29, 0.717) is 18.0 Å². The molecule has 0 saturated carbocycles. The minimum absolute atomic E-state index is 0.204. The molecule has 154 valence electrons. The summed E-state index contributed by atoms with van der Waals surface area (Å²) in [6.45, 7) is 1.43. The molecule has 4 nitrogen and oxygen atoms in total. The lowest BCUT2D eigenvalue weighted by Gasteiger charge is -2.30. The summed E-state index contributed by atoms with van der Waals surface area (Å²) in [5.74, 6) is 3.69. The van der Waals surface area contributed by atoms with Crippen LogP contribution in [0.25, 0.3) is 0 Å². The predicted molar refractivity (Wildman–Crippen MR) is 121 cm³/mol. The Morgan fingerprint density at radius 2 is 1.19 bits per heavy atom. The molecular formula is C27H23NO3. The minimum Gasteiger partial charge on any atom is -0.484 e. The highest BCUT2D eigenvalue weighted by molar-refractivity contribution is 5.56. The monoisotopic (exact) mass is 409 g/mol. The molecule has 0 saturated heterocycles. The van der Waals surface area contributed by atoms with Gasteiger partial charge in [0, 0.05) is 18.7 Å². The molecule has 0 fully saturated rings. The first-order valence-electron chi connectivity index (χ1n) is 10.4. The molecule has 1 atom stereocenters. The zero-order chi connectivity index (χ0) is 20.9. The molecule has 4 heteroatoms. The summed E-state index contributed by atoms with van der Waals surface area (Å²) in [6, 6.07) is 33.5. The summed E-state index contributed by atoms with van der Waals surface area (Å²) in [6.07, 6.45) is -0.204. The summed E-state index contributed by atoms with van der Waals surface area (Å²) < 4.78 is 19.0. The Hall–Kier alpha value is -3.76. The van der Waals surface area contributed by atoms with Crippen LogP contribution >= 0.6 is 0 Å². The van der Waals surface area contributed by atoms with E-state index in [1.807, 2.05) is 97.1 Å². The van der Waals surface area contributed by atoms with Crippen molar-refractivity contribution in [3.63, 3.8) is 0 Å². The Morgan fingerprint density at radius 3 is 1.84 bits per heavy atom. The largest absolute Gasteiger partial charge is 0.484 e. The standard InChI is InChI=1S/C27H23NO3/c1-4-10-21(11-5-1)29-24-17-16-20-18-28-19-25(30-22-12-6-2-7-13-22)26(20)27(24)31-23-14-8-3-9-15-23/h1-17,25,28H,18-19H2. The zero-order valence-corrected chi connectivity index (χ0v) is 17.0. The van der Waals surface area contributed by atoms with Crippen molar-refractivity contribution in [2.45, 2.75) is 12.6 Å². The number of fused-ring (bicyclic) bond motifs is 1. The molecule has 0 spiro atoms. The van der Waals surface area contributed by atoms with Crippen LogP contribution in [0.15, 0.2) is 103 Å². The number of rotatable bonds is 6. The molecule has 31 heavy (non-hydrogen) atoms. The maximum Gasteiger partial charge on any atom is 0.177 e. The normalized spacial score (nSPS) is 15.0. The summed E-state index contributed by atoms with van der Waals surface area (Å²) >= 11 is 0. The number of para-hydroxylation sites is 3. The van der Waals surface area contributed by atoms with Gasteiger partial charge in [-0.1, -0.05) is 60.7 Å². The lowest BCUT2D eigenvalue weighted by molar-refractivity contribution is 0.187. The van der Waals surface area contributed by atoms with E-state index in [4.69, 9.17) is 14.2 Å². The van der Waals surface area contributed by atoms with Gasteiger partial charge in [0.15, 0.2) is 11.5 Å². The van der Waals surface area contributed by atoms with E-state index in [1.54, 1.807) is 0 Å². The SMILES string of the molecule is c1ccc(Oc2ccc3c(c2Oc2ccccc2)C(Oc2ccccc2)CNC3)cc1. The van der Waals surface area contributed by atoms with Crippen LogP contribution in [-0.4, -0.2) is 6.54 Å². The Balaban J connectivity index is 1.58. The first kappa shape index (κ1) is 19.2. The molecule has 0 radical (unpaired) electrons. The van der Waals surface area contributed by atoms with Crippen molar-refractivity contribution in [3.05, 3.63) is 114 Å². The fraction of sp³-hybridized carbons (Fsp3) is 0.111. The molecule has 1 unspecified atom stereocenters. The summed E-state index contributed by atoms with van der Waals surface area (Å²) in [4.78, 5) is 0. The highest BCUT2D eigenvalue weighted by atomic mass is 16.5. The number of hydrogen-bond donors (Lipinski definition) is 1. The van der Waals surface area contributed by atoms with Gasteiger partial charge >= 0.3 is 0 Å². The predicted octanol–water partition coefficient (Wildman–Crippen LogP) is 6.49. The number of benzene rings is 4. The van der Waals surface area contributed by atoms with Crippen molar-refractivity contribution >= 4 is 0 Å². The second-order valence-corrected chi connectivity index (χ2v) is 7.35. The van der Waals surface area contributed by atoms with Crippen LogP contribution in [0.3, 0.4) is 0 Å². The third kappa shape index (κ3) is 4.39. The lowest BCUT2D eigenvalue weighted by Crippen LogP contribution is -2.31. The van der Waals surface area contributed by atoms with Gasteiger partial charge in [-0.15, -0.1) is 0 Å². The van der Waals surface area contributed by atoms with Crippen LogP contribution in [0.5, 0.6) is 28.7 Å². The van der Waals surface area contributed by atoms with Gasteiger partial charge in [-0.2, -0.15) is 0 Å². The maximum atomic E-state index is 6.42. The average molecular weight is 409 g/mol. The van der Waals surface area contributed by atoms with Crippen molar-refractivity contribution in [1.82, 2.24) is 5.32 Å². The Morgan fingerprint density at radius 1 is 0.613 bits per heavy atom. The first-order chi connectivity index (χ1) is 15.4. The summed E-state index contributed by atoms with van der Waals surface area (Å²) in [7, 11) is 0. The molecule has 5 rings (SSSR count). The molecule has 0 aliphatic carbocycles. The van der Waals surface area contributed by atoms with Crippen LogP contribution < -0.4 is 19.5 Å².